The zero-order chi connectivity index (χ0) is 25.0. The van der Waals surface area contributed by atoms with Gasteiger partial charge in [-0.25, -0.2) is 9.59 Å². The minimum absolute atomic E-state index is 0.0229. The average Bonchev–Trinajstić information content (AvgIpc) is 3.16. The quantitative estimate of drug-likeness (QED) is 0.596. The van der Waals surface area contributed by atoms with E-state index in [9.17, 15) is 19.5 Å². The molecule has 0 bridgehead atoms. The van der Waals surface area contributed by atoms with Gasteiger partial charge in [-0.2, -0.15) is 0 Å². The van der Waals surface area contributed by atoms with E-state index in [1.165, 1.54) is 11.8 Å². The van der Waals surface area contributed by atoms with Crippen molar-refractivity contribution >= 4 is 18.0 Å². The molecule has 2 aliphatic rings. The average molecular weight is 481 g/mol. The Balaban J connectivity index is 1.36. The number of nitrogens with one attached hydrogen (secondary N) is 1. The van der Waals surface area contributed by atoms with Crippen LogP contribution < -0.4 is 5.32 Å². The molecule has 4 rings (SSSR count). The van der Waals surface area contributed by atoms with E-state index in [4.69, 9.17) is 9.47 Å². The predicted molar refractivity (Wildman–Crippen MR) is 130 cm³/mol. The van der Waals surface area contributed by atoms with Crippen LogP contribution >= 0.6 is 0 Å². The van der Waals surface area contributed by atoms with Gasteiger partial charge in [-0.05, 0) is 35.6 Å². The molecule has 1 aliphatic carbocycles. The summed E-state index contributed by atoms with van der Waals surface area (Å²) in [5.74, 6) is -1.35. The van der Waals surface area contributed by atoms with Gasteiger partial charge < -0.3 is 24.8 Å². The molecule has 0 saturated carbocycles. The zero-order valence-corrected chi connectivity index (χ0v) is 20.2. The third-order valence-electron chi connectivity index (χ3n) is 6.80. The van der Waals surface area contributed by atoms with Crippen LogP contribution in [0.3, 0.4) is 0 Å². The lowest BCUT2D eigenvalue weighted by Gasteiger charge is -2.38. The Kier molecular flexibility index (Phi) is 7.40. The topological polar surface area (TPSA) is 105 Å². The number of hydrogen-bond acceptors (Lipinski definition) is 5. The summed E-state index contributed by atoms with van der Waals surface area (Å²) >= 11 is 0. The lowest BCUT2D eigenvalue weighted by atomic mass is 9.98. The summed E-state index contributed by atoms with van der Waals surface area (Å²) in [6.07, 6.45) is 0.900. The Labute approximate surface area is 205 Å². The Hall–Kier alpha value is -3.39. The van der Waals surface area contributed by atoms with Crippen LogP contribution in [0.2, 0.25) is 0 Å². The molecule has 8 heteroatoms. The van der Waals surface area contributed by atoms with Gasteiger partial charge in [0, 0.05) is 24.9 Å². The van der Waals surface area contributed by atoms with Crippen LogP contribution in [0.1, 0.15) is 50.2 Å². The third-order valence-corrected chi connectivity index (χ3v) is 6.80. The number of alkyl carbamates (subject to hydrolysis) is 1. The SMILES string of the molecule is CCCC(CC(=O)N1CCOC(C)(C(=O)O)C1)NC(=O)OCC1c2ccccc2-c2ccccc21. The molecule has 2 N–H and O–H groups in total. The predicted octanol–water partition coefficient (Wildman–Crippen LogP) is 3.79. The Bertz CT molecular complexity index is 1060. The highest BCUT2D eigenvalue weighted by Crippen LogP contribution is 2.44. The molecule has 0 radical (unpaired) electrons. The molecule has 2 aromatic rings. The molecule has 2 amide bonds. The van der Waals surface area contributed by atoms with Crippen molar-refractivity contribution in [3.63, 3.8) is 0 Å². The summed E-state index contributed by atoms with van der Waals surface area (Å²) in [5.41, 5.74) is 3.16. The number of nitrogens with zero attached hydrogens (tertiary/aromatic N) is 1. The second-order valence-electron chi connectivity index (χ2n) is 9.36. The van der Waals surface area contributed by atoms with Crippen molar-refractivity contribution in [2.75, 3.05) is 26.3 Å². The summed E-state index contributed by atoms with van der Waals surface area (Å²) < 4.78 is 11.0. The number of benzene rings is 2. The van der Waals surface area contributed by atoms with E-state index < -0.39 is 23.7 Å². The van der Waals surface area contributed by atoms with Gasteiger partial charge in [0.1, 0.15) is 6.61 Å². The largest absolute Gasteiger partial charge is 0.479 e. The summed E-state index contributed by atoms with van der Waals surface area (Å²) in [6, 6.07) is 15.9. The second-order valence-corrected chi connectivity index (χ2v) is 9.36. The number of fused-ring (bicyclic) bond motifs is 3. The molecule has 35 heavy (non-hydrogen) atoms. The maximum absolute atomic E-state index is 12.9. The molecule has 186 valence electrons. The molecule has 2 aromatic carbocycles. The normalized spacial score (nSPS) is 20.0. The van der Waals surface area contributed by atoms with E-state index in [2.05, 4.69) is 29.6 Å². The first-order chi connectivity index (χ1) is 16.8. The van der Waals surface area contributed by atoms with Crippen LogP contribution in [0, 0.1) is 0 Å². The monoisotopic (exact) mass is 480 g/mol. The number of carboxylic acids is 1. The van der Waals surface area contributed by atoms with Crippen LogP contribution in [-0.4, -0.2) is 65.9 Å². The van der Waals surface area contributed by atoms with Crippen LogP contribution in [0.5, 0.6) is 0 Å². The van der Waals surface area contributed by atoms with Crippen molar-refractivity contribution in [1.29, 1.82) is 0 Å². The van der Waals surface area contributed by atoms with E-state index >= 15 is 0 Å². The van der Waals surface area contributed by atoms with Crippen molar-refractivity contribution < 1.29 is 29.0 Å². The summed E-state index contributed by atoms with van der Waals surface area (Å²) in [4.78, 5) is 38.6. The molecule has 2 unspecified atom stereocenters. The minimum Gasteiger partial charge on any atom is -0.479 e. The fourth-order valence-electron chi connectivity index (χ4n) is 4.93. The van der Waals surface area contributed by atoms with Crippen molar-refractivity contribution in [2.24, 2.45) is 0 Å². The Morgan fingerprint density at radius 1 is 1.14 bits per heavy atom. The van der Waals surface area contributed by atoms with Crippen LogP contribution in [-0.2, 0) is 19.1 Å². The highest BCUT2D eigenvalue weighted by molar-refractivity contribution is 5.82. The van der Waals surface area contributed by atoms with Gasteiger partial charge in [-0.15, -0.1) is 0 Å². The molecule has 1 aliphatic heterocycles. The molecule has 0 spiro atoms. The smallest absolute Gasteiger partial charge is 0.407 e. The molecule has 1 heterocycles. The first-order valence-electron chi connectivity index (χ1n) is 12.1. The fraction of sp³-hybridized carbons (Fsp3) is 0.444. The summed E-state index contributed by atoms with van der Waals surface area (Å²) in [5, 5.41) is 12.3. The fourth-order valence-corrected chi connectivity index (χ4v) is 4.93. The molecule has 1 saturated heterocycles. The van der Waals surface area contributed by atoms with Crippen LogP contribution in [0.25, 0.3) is 11.1 Å². The van der Waals surface area contributed by atoms with Gasteiger partial charge in [0.25, 0.3) is 0 Å². The van der Waals surface area contributed by atoms with Crippen molar-refractivity contribution in [3.05, 3.63) is 59.7 Å². The molecule has 1 fully saturated rings. The first kappa shape index (κ1) is 24.7. The number of carbonyl (C=O) groups is 3. The van der Waals surface area contributed by atoms with Crippen molar-refractivity contribution in [3.8, 4) is 11.1 Å². The van der Waals surface area contributed by atoms with Gasteiger partial charge in [-0.1, -0.05) is 61.9 Å². The van der Waals surface area contributed by atoms with Gasteiger partial charge in [-0.3, -0.25) is 4.79 Å². The van der Waals surface area contributed by atoms with Gasteiger partial charge in [0.2, 0.25) is 5.91 Å². The zero-order valence-electron chi connectivity index (χ0n) is 20.2. The molecule has 2 atom stereocenters. The molecule has 8 nitrogen and oxygen atoms in total. The van der Waals surface area contributed by atoms with Crippen LogP contribution in [0.15, 0.2) is 48.5 Å². The van der Waals surface area contributed by atoms with Gasteiger partial charge in [0.15, 0.2) is 5.60 Å². The van der Waals surface area contributed by atoms with Crippen molar-refractivity contribution in [1.82, 2.24) is 10.2 Å². The highest BCUT2D eigenvalue weighted by Gasteiger charge is 2.41. The van der Waals surface area contributed by atoms with E-state index in [-0.39, 0.29) is 38.0 Å². The number of carbonyl (C=O) groups excluding carboxylic acids is 2. The van der Waals surface area contributed by atoms with Crippen molar-refractivity contribution in [2.45, 2.75) is 50.7 Å². The van der Waals surface area contributed by atoms with E-state index in [0.717, 1.165) is 28.7 Å². The number of hydrogen-bond donors (Lipinski definition) is 2. The standard InChI is InChI=1S/C27H32N2O6/c1-3-8-18(15-24(30)29-13-14-35-27(2,17-29)25(31)32)28-26(33)34-16-23-21-11-6-4-9-19(21)20-10-5-7-12-22(20)23/h4-7,9-12,18,23H,3,8,13-17H2,1-2H3,(H,28,33)(H,31,32). The number of rotatable bonds is 8. The Morgan fingerprint density at radius 3 is 2.37 bits per heavy atom. The van der Waals surface area contributed by atoms with Gasteiger partial charge >= 0.3 is 12.1 Å². The second kappa shape index (κ2) is 10.5. The Morgan fingerprint density at radius 2 is 1.77 bits per heavy atom. The maximum atomic E-state index is 12.9. The van der Waals surface area contributed by atoms with E-state index in [1.807, 2.05) is 31.2 Å². The van der Waals surface area contributed by atoms with E-state index in [0.29, 0.717) is 13.0 Å². The molecule has 0 aromatic heterocycles. The minimum atomic E-state index is -1.42. The lowest BCUT2D eigenvalue weighted by molar-refractivity contribution is -0.177. The molecular weight excluding hydrogens is 448 g/mol. The number of amides is 2. The third kappa shape index (κ3) is 5.32. The number of carboxylic acid groups (broad SMARTS) is 1. The highest BCUT2D eigenvalue weighted by atomic mass is 16.5. The molecular formula is C27H32N2O6. The van der Waals surface area contributed by atoms with Gasteiger partial charge in [0.05, 0.1) is 13.2 Å². The van der Waals surface area contributed by atoms with E-state index in [1.54, 1.807) is 0 Å². The number of ether oxygens (including phenoxy) is 2. The summed E-state index contributed by atoms with van der Waals surface area (Å²) in [7, 11) is 0. The summed E-state index contributed by atoms with van der Waals surface area (Å²) in [6.45, 7) is 4.11. The lowest BCUT2D eigenvalue weighted by Crippen LogP contribution is -2.56. The first-order valence-corrected chi connectivity index (χ1v) is 12.1. The van der Waals surface area contributed by atoms with Crippen LogP contribution in [0.4, 0.5) is 4.79 Å². The maximum Gasteiger partial charge on any atom is 0.407 e. The number of morpholine rings is 1. The number of aliphatic carboxylic acids is 1.